The van der Waals surface area contributed by atoms with Crippen molar-refractivity contribution in [3.05, 3.63) is 52.6 Å². The highest BCUT2D eigenvalue weighted by atomic mass is 16.7. The van der Waals surface area contributed by atoms with Crippen LogP contribution in [0.25, 0.3) is 0 Å². The van der Waals surface area contributed by atoms with Crippen LogP contribution >= 0.6 is 0 Å². The molecule has 0 unspecified atom stereocenters. The van der Waals surface area contributed by atoms with E-state index in [1.807, 2.05) is 18.7 Å². The van der Waals surface area contributed by atoms with E-state index in [9.17, 15) is 0 Å². The summed E-state index contributed by atoms with van der Waals surface area (Å²) in [5.41, 5.74) is 6.78. The van der Waals surface area contributed by atoms with Crippen LogP contribution in [0, 0.1) is 27.7 Å². The average molecular weight is 328 g/mol. The lowest BCUT2D eigenvalue weighted by atomic mass is 9.88. The van der Waals surface area contributed by atoms with Crippen molar-refractivity contribution in [3.8, 4) is 0 Å². The van der Waals surface area contributed by atoms with Crippen molar-refractivity contribution in [3.63, 3.8) is 0 Å². The molecule has 1 aliphatic rings. The first-order valence-corrected chi connectivity index (χ1v) is 8.81. The highest BCUT2D eigenvalue weighted by Gasteiger charge is 2.35. The maximum Gasteiger partial charge on any atom is 0.173 e. The Hall–Kier alpha value is -1.65. The van der Waals surface area contributed by atoms with Crippen LogP contribution in [-0.2, 0) is 22.4 Å². The molecule has 1 aromatic carbocycles. The topological polar surface area (TPSA) is 36.3 Å². The van der Waals surface area contributed by atoms with Crippen LogP contribution in [0.3, 0.4) is 0 Å². The van der Waals surface area contributed by atoms with E-state index in [0.717, 1.165) is 39.0 Å². The fourth-order valence-corrected chi connectivity index (χ4v) is 3.50. The molecule has 4 heteroatoms. The molecule has 24 heavy (non-hydrogen) atoms. The minimum atomic E-state index is -0.529. The second-order valence-electron chi connectivity index (χ2n) is 6.93. The molecule has 1 aromatic heterocycles. The van der Waals surface area contributed by atoms with Gasteiger partial charge in [0.2, 0.25) is 0 Å². The molecule has 0 atom stereocenters. The summed E-state index contributed by atoms with van der Waals surface area (Å²) in [5, 5.41) is 0. The molecule has 2 aromatic rings. The highest BCUT2D eigenvalue weighted by molar-refractivity contribution is 5.44. The number of hydrogen-bond acceptors (Lipinski definition) is 3. The number of nitrogens with zero attached hydrogens (tertiary/aromatic N) is 2. The molecule has 4 nitrogen and oxygen atoms in total. The highest BCUT2D eigenvalue weighted by Crippen LogP contribution is 2.32. The van der Waals surface area contributed by atoms with Crippen molar-refractivity contribution in [2.45, 2.75) is 59.3 Å². The van der Waals surface area contributed by atoms with Crippen LogP contribution in [0.5, 0.6) is 0 Å². The lowest BCUT2D eigenvalue weighted by Crippen LogP contribution is -2.44. The standard InChI is InChI=1S/C20H28N2O2/c1-15-12-16(2)18(4)19(17(15)3)13-20(23-10-5-11-24-20)6-8-22-9-7-21-14-22/h7,9,12,14H,5-6,8,10-11,13H2,1-4H3. The quantitative estimate of drug-likeness (QED) is 0.835. The molecule has 0 bridgehead atoms. The summed E-state index contributed by atoms with van der Waals surface area (Å²) in [5.74, 6) is -0.529. The number of benzene rings is 1. The largest absolute Gasteiger partial charge is 0.349 e. The van der Waals surface area contributed by atoms with Crippen molar-refractivity contribution in [1.82, 2.24) is 9.55 Å². The summed E-state index contributed by atoms with van der Waals surface area (Å²) in [6, 6.07) is 2.27. The van der Waals surface area contributed by atoms with E-state index < -0.39 is 5.79 Å². The summed E-state index contributed by atoms with van der Waals surface area (Å²) in [4.78, 5) is 4.13. The van der Waals surface area contributed by atoms with Gasteiger partial charge in [0, 0.05) is 31.8 Å². The zero-order valence-corrected chi connectivity index (χ0v) is 15.3. The minimum Gasteiger partial charge on any atom is -0.349 e. The SMILES string of the molecule is Cc1cc(C)c(C)c(CC2(CCn3ccnc3)OCCCO2)c1C. The monoisotopic (exact) mass is 328 g/mol. The smallest absolute Gasteiger partial charge is 0.173 e. The first-order chi connectivity index (χ1) is 11.5. The summed E-state index contributed by atoms with van der Waals surface area (Å²) >= 11 is 0. The number of hydrogen-bond donors (Lipinski definition) is 0. The van der Waals surface area contributed by atoms with Crippen LogP contribution in [0.2, 0.25) is 0 Å². The number of aryl methyl sites for hydroxylation is 3. The fraction of sp³-hybridized carbons (Fsp3) is 0.550. The van der Waals surface area contributed by atoms with Gasteiger partial charge in [0.15, 0.2) is 5.79 Å². The maximum atomic E-state index is 6.20. The van der Waals surface area contributed by atoms with E-state index in [-0.39, 0.29) is 0 Å². The van der Waals surface area contributed by atoms with Crippen LogP contribution in [0.15, 0.2) is 24.8 Å². The second-order valence-corrected chi connectivity index (χ2v) is 6.93. The third-order valence-electron chi connectivity index (χ3n) is 5.30. The van der Waals surface area contributed by atoms with Gasteiger partial charge in [0.1, 0.15) is 0 Å². The molecule has 1 aliphatic heterocycles. The van der Waals surface area contributed by atoms with Crippen LogP contribution in [0.1, 0.15) is 40.7 Å². The van der Waals surface area contributed by atoms with Crippen LogP contribution < -0.4 is 0 Å². The van der Waals surface area contributed by atoms with Gasteiger partial charge in [-0.2, -0.15) is 0 Å². The van der Waals surface area contributed by atoms with Gasteiger partial charge in [-0.1, -0.05) is 6.07 Å². The van der Waals surface area contributed by atoms with Gasteiger partial charge in [-0.05, 0) is 61.9 Å². The molecule has 0 saturated carbocycles. The van der Waals surface area contributed by atoms with Gasteiger partial charge in [-0.3, -0.25) is 0 Å². The fourth-order valence-electron chi connectivity index (χ4n) is 3.50. The van der Waals surface area contributed by atoms with Crippen LogP contribution in [-0.4, -0.2) is 28.6 Å². The molecular weight excluding hydrogens is 300 g/mol. The molecule has 0 spiro atoms. The molecule has 130 valence electrons. The molecule has 0 aliphatic carbocycles. The lowest BCUT2D eigenvalue weighted by molar-refractivity contribution is -0.270. The molecular formula is C20H28N2O2. The van der Waals surface area contributed by atoms with E-state index in [2.05, 4.69) is 43.3 Å². The lowest BCUT2D eigenvalue weighted by Gasteiger charge is -2.38. The molecule has 0 radical (unpaired) electrons. The third-order valence-corrected chi connectivity index (χ3v) is 5.30. The normalized spacial score (nSPS) is 17.2. The third kappa shape index (κ3) is 3.55. The Labute approximate surface area is 144 Å². The van der Waals surface area contributed by atoms with Gasteiger partial charge < -0.3 is 14.0 Å². The first kappa shape index (κ1) is 17.2. The summed E-state index contributed by atoms with van der Waals surface area (Å²) in [6.45, 7) is 11.2. The predicted molar refractivity (Wildman–Crippen MR) is 95.2 cm³/mol. The van der Waals surface area contributed by atoms with Gasteiger partial charge >= 0.3 is 0 Å². The second kappa shape index (κ2) is 7.08. The van der Waals surface area contributed by atoms with E-state index in [1.165, 1.54) is 27.8 Å². The zero-order valence-electron chi connectivity index (χ0n) is 15.3. The molecule has 1 fully saturated rings. The Morgan fingerprint density at radius 2 is 1.75 bits per heavy atom. The first-order valence-electron chi connectivity index (χ1n) is 8.81. The zero-order chi connectivity index (χ0) is 17.2. The van der Waals surface area contributed by atoms with Gasteiger partial charge in [-0.15, -0.1) is 0 Å². The summed E-state index contributed by atoms with van der Waals surface area (Å²) in [6.07, 6.45) is 8.26. The van der Waals surface area contributed by atoms with Crippen molar-refractivity contribution in [1.29, 1.82) is 0 Å². The Balaban J connectivity index is 1.87. The molecule has 2 heterocycles. The van der Waals surface area contributed by atoms with Crippen molar-refractivity contribution in [2.24, 2.45) is 0 Å². The Kier molecular flexibility index (Phi) is 5.07. The number of ether oxygens (including phenoxy) is 2. The number of aromatic nitrogens is 2. The molecule has 0 N–H and O–H groups in total. The van der Waals surface area contributed by atoms with E-state index in [1.54, 1.807) is 0 Å². The Morgan fingerprint density at radius 3 is 2.33 bits per heavy atom. The number of imidazole rings is 1. The van der Waals surface area contributed by atoms with E-state index >= 15 is 0 Å². The number of rotatable bonds is 5. The van der Waals surface area contributed by atoms with Gasteiger partial charge in [0.25, 0.3) is 0 Å². The Morgan fingerprint density at radius 1 is 1.08 bits per heavy atom. The van der Waals surface area contributed by atoms with Gasteiger partial charge in [0.05, 0.1) is 19.5 Å². The Bertz CT molecular complexity index is 660. The molecule has 0 amide bonds. The van der Waals surface area contributed by atoms with E-state index in [4.69, 9.17) is 9.47 Å². The summed E-state index contributed by atoms with van der Waals surface area (Å²) < 4.78 is 14.5. The van der Waals surface area contributed by atoms with Crippen molar-refractivity contribution in [2.75, 3.05) is 13.2 Å². The average Bonchev–Trinajstić information content (AvgIpc) is 3.10. The van der Waals surface area contributed by atoms with Gasteiger partial charge in [-0.25, -0.2) is 4.98 Å². The molecule has 3 rings (SSSR count). The van der Waals surface area contributed by atoms with Crippen LogP contribution in [0.4, 0.5) is 0 Å². The maximum absolute atomic E-state index is 6.20. The van der Waals surface area contributed by atoms with Crippen molar-refractivity contribution >= 4 is 0 Å². The summed E-state index contributed by atoms with van der Waals surface area (Å²) in [7, 11) is 0. The van der Waals surface area contributed by atoms with E-state index in [0.29, 0.717) is 0 Å². The molecule has 1 saturated heterocycles. The minimum absolute atomic E-state index is 0.529. The predicted octanol–water partition coefficient (Wildman–Crippen LogP) is 3.88. The van der Waals surface area contributed by atoms with Crippen molar-refractivity contribution < 1.29 is 9.47 Å².